The average molecular weight is 306 g/mol. The molecule has 8 atom stereocenters. The van der Waals surface area contributed by atoms with Crippen molar-refractivity contribution < 1.29 is 15.3 Å². The van der Waals surface area contributed by atoms with Gasteiger partial charge in [0.25, 0.3) is 0 Å². The van der Waals surface area contributed by atoms with E-state index in [0.717, 1.165) is 44.9 Å². The molecule has 3 fully saturated rings. The second-order valence-electron chi connectivity index (χ2n) is 8.95. The Morgan fingerprint density at radius 3 is 2.59 bits per heavy atom. The van der Waals surface area contributed by atoms with E-state index in [1.54, 1.807) is 0 Å². The van der Waals surface area contributed by atoms with Crippen LogP contribution in [0.1, 0.15) is 58.8 Å². The fourth-order valence-electron chi connectivity index (χ4n) is 6.63. The molecule has 0 amide bonds. The Balaban J connectivity index is 1.68. The summed E-state index contributed by atoms with van der Waals surface area (Å²) in [6.07, 6.45) is 8.04. The summed E-state index contributed by atoms with van der Waals surface area (Å²) >= 11 is 0. The van der Waals surface area contributed by atoms with E-state index in [1.807, 2.05) is 0 Å². The molecule has 0 aromatic carbocycles. The molecule has 0 radical (unpaired) electrons. The molecule has 0 aromatic rings. The van der Waals surface area contributed by atoms with Gasteiger partial charge < -0.3 is 15.3 Å². The average Bonchev–Trinajstić information content (AvgIpc) is 2.72. The van der Waals surface area contributed by atoms with Crippen molar-refractivity contribution in [1.82, 2.24) is 0 Å². The second kappa shape index (κ2) is 4.81. The first-order valence-electron chi connectivity index (χ1n) is 9.10. The quantitative estimate of drug-likeness (QED) is 0.603. The van der Waals surface area contributed by atoms with Crippen LogP contribution in [0.25, 0.3) is 0 Å². The summed E-state index contributed by atoms with van der Waals surface area (Å²) in [6, 6.07) is 0. The van der Waals surface area contributed by atoms with E-state index in [1.165, 1.54) is 5.57 Å². The molecule has 3 heteroatoms. The molecule has 0 aliphatic heterocycles. The molecule has 0 bridgehead atoms. The van der Waals surface area contributed by atoms with Gasteiger partial charge in [-0.15, -0.1) is 0 Å². The number of allylic oxidation sites excluding steroid dienone is 1. The van der Waals surface area contributed by atoms with Crippen molar-refractivity contribution in [3.8, 4) is 0 Å². The molecule has 0 heterocycles. The zero-order chi connectivity index (χ0) is 15.7. The number of rotatable bonds is 0. The maximum Gasteiger partial charge on any atom is 0.0855 e. The molecule has 4 aliphatic rings. The standard InChI is InChI=1S/C19H30O3/c1-18-7-5-12(20)9-11(18)3-4-13-14(18)6-8-19(2)15(13)10-16(21)17(19)22/h3,12-17,20-22H,4-10H2,1-2H3/t12-,13?,14?,15?,16+,17-,18?,19?/m0/s1. The van der Waals surface area contributed by atoms with Gasteiger partial charge in [0.05, 0.1) is 18.3 Å². The van der Waals surface area contributed by atoms with E-state index in [2.05, 4.69) is 19.9 Å². The molecule has 4 rings (SSSR count). The topological polar surface area (TPSA) is 60.7 Å². The monoisotopic (exact) mass is 306 g/mol. The minimum Gasteiger partial charge on any atom is -0.393 e. The van der Waals surface area contributed by atoms with Gasteiger partial charge in [-0.3, -0.25) is 0 Å². The highest BCUT2D eigenvalue weighted by Gasteiger charge is 2.60. The molecule has 3 nitrogen and oxygen atoms in total. The molecular formula is C19H30O3. The van der Waals surface area contributed by atoms with E-state index >= 15 is 0 Å². The van der Waals surface area contributed by atoms with Gasteiger partial charge >= 0.3 is 0 Å². The van der Waals surface area contributed by atoms with Crippen LogP contribution in [0.2, 0.25) is 0 Å². The van der Waals surface area contributed by atoms with Gasteiger partial charge in [0.15, 0.2) is 0 Å². The van der Waals surface area contributed by atoms with Gasteiger partial charge in [0.2, 0.25) is 0 Å². The predicted molar refractivity (Wildman–Crippen MR) is 85.1 cm³/mol. The Bertz CT molecular complexity index is 501. The van der Waals surface area contributed by atoms with Crippen LogP contribution in [0, 0.1) is 28.6 Å². The molecule has 0 aromatic heterocycles. The molecule has 3 N–H and O–H groups in total. The van der Waals surface area contributed by atoms with Crippen molar-refractivity contribution in [2.45, 2.75) is 77.1 Å². The van der Waals surface area contributed by atoms with E-state index in [0.29, 0.717) is 17.8 Å². The third-order valence-corrected chi connectivity index (χ3v) is 8.05. The molecule has 0 saturated heterocycles. The lowest BCUT2D eigenvalue weighted by molar-refractivity contribution is -0.0817. The molecule has 124 valence electrons. The van der Waals surface area contributed by atoms with Crippen LogP contribution < -0.4 is 0 Å². The smallest absolute Gasteiger partial charge is 0.0855 e. The van der Waals surface area contributed by atoms with Crippen LogP contribution in [-0.2, 0) is 0 Å². The SMILES string of the molecule is CC12CC[C@H](O)CC1=CCC1C2CCC2(C)C1C[C@@H](O)[C@@H]2O. The summed E-state index contributed by atoms with van der Waals surface area (Å²) in [7, 11) is 0. The lowest BCUT2D eigenvalue weighted by Gasteiger charge is -2.57. The molecule has 3 saturated carbocycles. The van der Waals surface area contributed by atoms with Gasteiger partial charge in [-0.05, 0) is 73.5 Å². The Morgan fingerprint density at radius 1 is 1.05 bits per heavy atom. The first-order chi connectivity index (χ1) is 10.4. The highest BCUT2D eigenvalue weighted by atomic mass is 16.3. The molecule has 4 aliphatic carbocycles. The highest BCUT2D eigenvalue weighted by Crippen LogP contribution is 2.64. The first kappa shape index (κ1) is 15.2. The fourth-order valence-corrected chi connectivity index (χ4v) is 6.63. The number of aliphatic hydroxyl groups excluding tert-OH is 3. The molecular weight excluding hydrogens is 276 g/mol. The summed E-state index contributed by atoms with van der Waals surface area (Å²) in [5.74, 6) is 1.70. The Labute approximate surface area is 133 Å². The zero-order valence-electron chi connectivity index (χ0n) is 13.8. The minimum absolute atomic E-state index is 0.101. The summed E-state index contributed by atoms with van der Waals surface area (Å²) < 4.78 is 0. The van der Waals surface area contributed by atoms with Crippen molar-refractivity contribution >= 4 is 0 Å². The summed E-state index contributed by atoms with van der Waals surface area (Å²) in [6.45, 7) is 4.60. The van der Waals surface area contributed by atoms with Crippen LogP contribution >= 0.6 is 0 Å². The number of hydrogen-bond donors (Lipinski definition) is 3. The molecule has 22 heavy (non-hydrogen) atoms. The maximum atomic E-state index is 10.5. The number of aliphatic hydroxyl groups is 3. The predicted octanol–water partition coefficient (Wildman–Crippen LogP) is 2.64. The second-order valence-corrected chi connectivity index (χ2v) is 8.95. The van der Waals surface area contributed by atoms with Crippen LogP contribution in [0.4, 0.5) is 0 Å². The highest BCUT2D eigenvalue weighted by molar-refractivity contribution is 5.25. The largest absolute Gasteiger partial charge is 0.393 e. The van der Waals surface area contributed by atoms with Crippen molar-refractivity contribution in [2.75, 3.05) is 0 Å². The number of hydrogen-bond acceptors (Lipinski definition) is 3. The number of fused-ring (bicyclic) bond motifs is 5. The van der Waals surface area contributed by atoms with E-state index in [4.69, 9.17) is 0 Å². The lowest BCUT2D eigenvalue weighted by atomic mass is 9.48. The van der Waals surface area contributed by atoms with Gasteiger partial charge in [-0.1, -0.05) is 25.5 Å². The summed E-state index contributed by atoms with van der Waals surface area (Å²) in [5, 5.41) is 30.7. The Morgan fingerprint density at radius 2 is 1.82 bits per heavy atom. The van der Waals surface area contributed by atoms with Crippen LogP contribution in [0.15, 0.2) is 11.6 Å². The lowest BCUT2D eigenvalue weighted by Crippen LogP contribution is -2.51. The molecule has 0 spiro atoms. The van der Waals surface area contributed by atoms with Crippen LogP contribution in [-0.4, -0.2) is 33.6 Å². The fraction of sp³-hybridized carbons (Fsp3) is 0.895. The van der Waals surface area contributed by atoms with Gasteiger partial charge in [0, 0.05) is 0 Å². The van der Waals surface area contributed by atoms with Crippen molar-refractivity contribution in [3.63, 3.8) is 0 Å². The summed E-state index contributed by atoms with van der Waals surface area (Å²) in [5.41, 5.74) is 1.62. The maximum absolute atomic E-state index is 10.5. The van der Waals surface area contributed by atoms with Gasteiger partial charge in [0.1, 0.15) is 0 Å². The summed E-state index contributed by atoms with van der Waals surface area (Å²) in [4.78, 5) is 0. The van der Waals surface area contributed by atoms with E-state index in [9.17, 15) is 15.3 Å². The van der Waals surface area contributed by atoms with Crippen LogP contribution in [0.3, 0.4) is 0 Å². The third kappa shape index (κ3) is 1.85. The zero-order valence-corrected chi connectivity index (χ0v) is 13.8. The first-order valence-corrected chi connectivity index (χ1v) is 9.10. The van der Waals surface area contributed by atoms with Crippen molar-refractivity contribution in [2.24, 2.45) is 28.6 Å². The van der Waals surface area contributed by atoms with E-state index < -0.39 is 12.2 Å². The van der Waals surface area contributed by atoms with Gasteiger partial charge in [-0.25, -0.2) is 0 Å². The normalized spacial score (nSPS) is 57.6. The Kier molecular flexibility index (Phi) is 3.32. The minimum atomic E-state index is -0.551. The molecule has 5 unspecified atom stereocenters. The van der Waals surface area contributed by atoms with Crippen molar-refractivity contribution in [3.05, 3.63) is 11.6 Å². The Hall–Kier alpha value is -0.380. The van der Waals surface area contributed by atoms with Crippen LogP contribution in [0.5, 0.6) is 0 Å². The van der Waals surface area contributed by atoms with E-state index in [-0.39, 0.29) is 16.9 Å². The van der Waals surface area contributed by atoms with Crippen molar-refractivity contribution in [1.29, 1.82) is 0 Å². The third-order valence-electron chi connectivity index (χ3n) is 8.05. The van der Waals surface area contributed by atoms with Gasteiger partial charge in [-0.2, -0.15) is 0 Å².